The second-order valence-electron chi connectivity index (χ2n) is 5.32. The van der Waals surface area contributed by atoms with E-state index in [1.165, 1.54) is 0 Å². The summed E-state index contributed by atoms with van der Waals surface area (Å²) in [6, 6.07) is 1.67. The number of ether oxygens (including phenoxy) is 2. The number of aryl methyl sites for hydroxylation is 1. The number of hydrazine groups is 1. The minimum atomic E-state index is -0.356. The van der Waals surface area contributed by atoms with E-state index in [1.807, 2.05) is 13.8 Å². The number of rotatable bonds is 4. The number of nitrogens with two attached hydrogens (primary N) is 1. The number of carbonyl (C=O) groups is 1. The minimum Gasteiger partial charge on any atom is -0.463 e. The Morgan fingerprint density at radius 3 is 2.70 bits per heavy atom. The van der Waals surface area contributed by atoms with E-state index in [4.69, 9.17) is 19.7 Å². The molecule has 6 heteroatoms. The third-order valence-electron chi connectivity index (χ3n) is 3.46. The van der Waals surface area contributed by atoms with E-state index in [-0.39, 0.29) is 24.2 Å². The van der Waals surface area contributed by atoms with Gasteiger partial charge in [-0.15, -0.1) is 0 Å². The monoisotopic (exact) mass is 282 g/mol. The Bertz CT molecular complexity index is 462. The van der Waals surface area contributed by atoms with E-state index < -0.39 is 0 Å². The molecule has 2 atom stereocenters. The first-order chi connectivity index (χ1) is 9.49. The van der Waals surface area contributed by atoms with Gasteiger partial charge in [-0.3, -0.25) is 10.2 Å². The maximum Gasteiger partial charge on any atom is 0.268 e. The first kappa shape index (κ1) is 15.0. The molecule has 2 unspecified atom stereocenters. The van der Waals surface area contributed by atoms with Crippen LogP contribution >= 0.6 is 0 Å². The molecule has 0 spiro atoms. The Hall–Kier alpha value is -1.37. The quantitative estimate of drug-likeness (QED) is 0.498. The molecule has 1 aliphatic rings. The lowest BCUT2D eigenvalue weighted by Gasteiger charge is -2.31. The number of hydrogen-bond acceptors (Lipinski definition) is 5. The van der Waals surface area contributed by atoms with Gasteiger partial charge in [0.05, 0.1) is 23.9 Å². The van der Waals surface area contributed by atoms with Crippen molar-refractivity contribution in [1.82, 2.24) is 5.43 Å². The van der Waals surface area contributed by atoms with Crippen LogP contribution in [-0.2, 0) is 16.1 Å². The van der Waals surface area contributed by atoms with Gasteiger partial charge in [-0.25, -0.2) is 5.84 Å². The average Bonchev–Trinajstić information content (AvgIpc) is 2.76. The van der Waals surface area contributed by atoms with Crippen LogP contribution in [-0.4, -0.2) is 24.2 Å². The molecule has 1 aromatic heterocycles. The molecular formula is C14H22N2O4. The fourth-order valence-electron chi connectivity index (χ4n) is 2.60. The highest BCUT2D eigenvalue weighted by atomic mass is 16.5. The van der Waals surface area contributed by atoms with Gasteiger partial charge in [-0.2, -0.15) is 0 Å². The second kappa shape index (κ2) is 6.39. The van der Waals surface area contributed by atoms with Crippen molar-refractivity contribution in [1.29, 1.82) is 0 Å². The van der Waals surface area contributed by atoms with Crippen LogP contribution in [0.3, 0.4) is 0 Å². The van der Waals surface area contributed by atoms with Crippen molar-refractivity contribution in [2.75, 3.05) is 0 Å². The highest BCUT2D eigenvalue weighted by Crippen LogP contribution is 2.23. The molecule has 1 fully saturated rings. The van der Waals surface area contributed by atoms with E-state index in [0.29, 0.717) is 23.7 Å². The number of hydrogen-bond donors (Lipinski definition) is 2. The highest BCUT2D eigenvalue weighted by Gasteiger charge is 2.25. The molecule has 1 aromatic rings. The standard InChI is InChI=1S/C14H22N2O4/c1-8-4-11(5-9(2)19-8)18-7-12-6-13(10(3)20-12)14(17)16-15/h6,8-9,11H,4-5,7,15H2,1-3H3,(H,16,17). The van der Waals surface area contributed by atoms with Crippen LogP contribution in [0.4, 0.5) is 0 Å². The minimum absolute atomic E-state index is 0.158. The van der Waals surface area contributed by atoms with Gasteiger partial charge in [0, 0.05) is 0 Å². The van der Waals surface area contributed by atoms with E-state index in [9.17, 15) is 4.79 Å². The van der Waals surface area contributed by atoms with Crippen LogP contribution in [0.25, 0.3) is 0 Å². The summed E-state index contributed by atoms with van der Waals surface area (Å²) in [5, 5.41) is 0. The molecule has 0 bridgehead atoms. The van der Waals surface area contributed by atoms with Gasteiger partial charge in [0.1, 0.15) is 18.1 Å². The van der Waals surface area contributed by atoms with Gasteiger partial charge in [-0.1, -0.05) is 0 Å². The third kappa shape index (κ3) is 3.59. The molecule has 6 nitrogen and oxygen atoms in total. The molecule has 1 amide bonds. The van der Waals surface area contributed by atoms with Gasteiger partial charge < -0.3 is 13.9 Å². The molecule has 2 heterocycles. The van der Waals surface area contributed by atoms with Crippen molar-refractivity contribution < 1.29 is 18.7 Å². The van der Waals surface area contributed by atoms with Gasteiger partial charge in [0.15, 0.2) is 0 Å². The Balaban J connectivity index is 1.92. The second-order valence-corrected chi connectivity index (χ2v) is 5.32. The molecule has 20 heavy (non-hydrogen) atoms. The number of furan rings is 1. The van der Waals surface area contributed by atoms with Crippen molar-refractivity contribution in [3.05, 3.63) is 23.2 Å². The van der Waals surface area contributed by atoms with Crippen LogP contribution in [0.15, 0.2) is 10.5 Å². The SMILES string of the molecule is Cc1oc(COC2CC(C)OC(C)C2)cc1C(=O)NN. The first-order valence-corrected chi connectivity index (χ1v) is 6.87. The van der Waals surface area contributed by atoms with Crippen molar-refractivity contribution in [3.63, 3.8) is 0 Å². The van der Waals surface area contributed by atoms with E-state index >= 15 is 0 Å². The molecule has 1 aliphatic heterocycles. The lowest BCUT2D eigenvalue weighted by molar-refractivity contribution is -0.108. The Labute approximate surface area is 118 Å². The first-order valence-electron chi connectivity index (χ1n) is 6.87. The van der Waals surface area contributed by atoms with Gasteiger partial charge in [0.2, 0.25) is 0 Å². The smallest absolute Gasteiger partial charge is 0.268 e. The molecule has 0 aromatic carbocycles. The predicted molar refractivity (Wildman–Crippen MR) is 72.9 cm³/mol. The summed E-state index contributed by atoms with van der Waals surface area (Å²) in [6.45, 7) is 6.18. The van der Waals surface area contributed by atoms with Crippen LogP contribution in [0.1, 0.15) is 48.6 Å². The zero-order chi connectivity index (χ0) is 14.7. The summed E-state index contributed by atoms with van der Waals surface area (Å²) < 4.78 is 17.0. The van der Waals surface area contributed by atoms with Crippen LogP contribution < -0.4 is 11.3 Å². The lowest BCUT2D eigenvalue weighted by atomic mass is 10.0. The summed E-state index contributed by atoms with van der Waals surface area (Å²) in [6.07, 6.45) is 2.33. The Morgan fingerprint density at radius 1 is 1.45 bits per heavy atom. The molecule has 0 aliphatic carbocycles. The third-order valence-corrected chi connectivity index (χ3v) is 3.46. The van der Waals surface area contributed by atoms with Crippen molar-refractivity contribution >= 4 is 5.91 Å². The normalized spacial score (nSPS) is 26.5. The maximum atomic E-state index is 11.5. The average molecular weight is 282 g/mol. The van der Waals surface area contributed by atoms with Gasteiger partial charge >= 0.3 is 0 Å². The van der Waals surface area contributed by atoms with E-state index in [1.54, 1.807) is 13.0 Å². The topological polar surface area (TPSA) is 86.7 Å². The van der Waals surface area contributed by atoms with Gasteiger partial charge in [-0.05, 0) is 39.7 Å². The zero-order valence-electron chi connectivity index (χ0n) is 12.1. The van der Waals surface area contributed by atoms with E-state index in [2.05, 4.69) is 5.43 Å². The number of carbonyl (C=O) groups excluding carboxylic acids is 1. The van der Waals surface area contributed by atoms with Crippen LogP contribution in [0, 0.1) is 6.92 Å². The van der Waals surface area contributed by atoms with Crippen molar-refractivity contribution in [2.24, 2.45) is 5.84 Å². The van der Waals surface area contributed by atoms with Crippen LogP contribution in [0.5, 0.6) is 0 Å². The van der Waals surface area contributed by atoms with Gasteiger partial charge in [0.25, 0.3) is 5.91 Å². The molecule has 112 valence electrons. The molecule has 3 N–H and O–H groups in total. The number of nitrogens with one attached hydrogen (secondary N) is 1. The fraction of sp³-hybridized carbons (Fsp3) is 0.643. The zero-order valence-corrected chi connectivity index (χ0v) is 12.1. The Kier molecular flexibility index (Phi) is 4.80. The number of nitrogen functional groups attached to an aromatic ring is 1. The molecule has 2 rings (SSSR count). The summed E-state index contributed by atoms with van der Waals surface area (Å²) in [7, 11) is 0. The summed E-state index contributed by atoms with van der Waals surface area (Å²) in [4.78, 5) is 11.5. The molecular weight excluding hydrogens is 260 g/mol. The summed E-state index contributed by atoms with van der Waals surface area (Å²) in [5.41, 5.74) is 2.54. The van der Waals surface area contributed by atoms with Crippen LogP contribution in [0.2, 0.25) is 0 Å². The maximum absolute atomic E-state index is 11.5. The van der Waals surface area contributed by atoms with Crippen molar-refractivity contribution in [2.45, 2.75) is 58.5 Å². The summed E-state index contributed by atoms with van der Waals surface area (Å²) in [5.74, 6) is 5.94. The fourth-order valence-corrected chi connectivity index (χ4v) is 2.60. The molecule has 1 saturated heterocycles. The summed E-state index contributed by atoms with van der Waals surface area (Å²) >= 11 is 0. The number of amides is 1. The van der Waals surface area contributed by atoms with Crippen molar-refractivity contribution in [3.8, 4) is 0 Å². The lowest BCUT2D eigenvalue weighted by Crippen LogP contribution is -2.33. The van der Waals surface area contributed by atoms with E-state index in [0.717, 1.165) is 12.8 Å². The highest BCUT2D eigenvalue weighted by molar-refractivity contribution is 5.94. The largest absolute Gasteiger partial charge is 0.463 e. The molecule has 0 saturated carbocycles. The Morgan fingerprint density at radius 2 is 2.10 bits per heavy atom. The molecule has 0 radical (unpaired) electrons. The predicted octanol–water partition coefficient (Wildman–Crippen LogP) is 1.66.